The lowest BCUT2D eigenvalue weighted by Crippen LogP contribution is -2.15. The van der Waals surface area contributed by atoms with Crippen molar-refractivity contribution in [2.24, 2.45) is 0 Å². The summed E-state index contributed by atoms with van der Waals surface area (Å²) >= 11 is 1.36. The largest absolute Gasteiger partial charge is 0.493 e. The van der Waals surface area contributed by atoms with Crippen LogP contribution in [0.15, 0.2) is 72.1 Å². The van der Waals surface area contributed by atoms with Crippen LogP contribution in [0.4, 0.5) is 0 Å². The Morgan fingerprint density at radius 3 is 2.48 bits per heavy atom. The molecule has 8 heteroatoms. The zero-order valence-corrected chi connectivity index (χ0v) is 19.7. The average Bonchev–Trinajstić information content (AvgIpc) is 3.27. The van der Waals surface area contributed by atoms with Crippen LogP contribution in [0.25, 0.3) is 17.1 Å². The van der Waals surface area contributed by atoms with Gasteiger partial charge in [0.05, 0.1) is 25.2 Å². The molecule has 7 nitrogen and oxygen atoms in total. The first-order chi connectivity index (χ1) is 16.0. The zero-order chi connectivity index (χ0) is 23.4. The van der Waals surface area contributed by atoms with Crippen molar-refractivity contribution < 1.29 is 14.3 Å². The fourth-order valence-corrected chi connectivity index (χ4v) is 4.43. The molecule has 4 aromatic rings. The number of methoxy groups -OCH3 is 2. The summed E-state index contributed by atoms with van der Waals surface area (Å²) in [7, 11) is 3.12. The maximum Gasteiger partial charge on any atom is 0.196 e. The molecule has 1 unspecified atom stereocenters. The van der Waals surface area contributed by atoms with Crippen molar-refractivity contribution in [2.75, 3.05) is 14.2 Å². The van der Waals surface area contributed by atoms with Crippen molar-refractivity contribution in [3.8, 4) is 28.6 Å². The van der Waals surface area contributed by atoms with Crippen LogP contribution in [0, 0.1) is 6.92 Å². The Morgan fingerprint density at radius 2 is 1.79 bits per heavy atom. The molecule has 4 rings (SSSR count). The van der Waals surface area contributed by atoms with E-state index in [9.17, 15) is 4.79 Å². The molecular formula is C25H24N4O3S. The van der Waals surface area contributed by atoms with Gasteiger partial charge in [-0.1, -0.05) is 30.0 Å². The number of carbonyl (C=O) groups excluding carboxylic acids is 1. The van der Waals surface area contributed by atoms with Gasteiger partial charge in [0.2, 0.25) is 0 Å². The number of aromatic nitrogens is 4. The van der Waals surface area contributed by atoms with Gasteiger partial charge in [-0.15, -0.1) is 10.2 Å². The first kappa shape index (κ1) is 22.5. The standard InChI is InChI=1S/C25H24N4O3S/c1-16-8-5-6-10-20(16)29-24(19-9-7-13-26-15-19)27-28-25(29)33-17(2)23(30)18-11-12-21(31-3)22(14-18)32-4/h5-15,17H,1-4H3. The minimum absolute atomic E-state index is 0.0387. The van der Waals surface area contributed by atoms with Crippen LogP contribution in [0.2, 0.25) is 0 Å². The lowest BCUT2D eigenvalue weighted by Gasteiger charge is -2.15. The number of pyridine rings is 1. The number of benzene rings is 2. The molecule has 33 heavy (non-hydrogen) atoms. The molecule has 0 aliphatic rings. The molecule has 0 saturated carbocycles. The molecule has 168 valence electrons. The molecule has 0 fully saturated rings. The van der Waals surface area contributed by atoms with Gasteiger partial charge in [0.25, 0.3) is 0 Å². The maximum atomic E-state index is 13.2. The van der Waals surface area contributed by atoms with Crippen molar-refractivity contribution in [3.05, 3.63) is 78.1 Å². The first-order valence-corrected chi connectivity index (χ1v) is 11.3. The van der Waals surface area contributed by atoms with Gasteiger partial charge in [-0.25, -0.2) is 0 Å². The van der Waals surface area contributed by atoms with E-state index in [-0.39, 0.29) is 5.78 Å². The highest BCUT2D eigenvalue weighted by atomic mass is 32.2. The Hall–Kier alpha value is -3.65. The van der Waals surface area contributed by atoms with E-state index in [1.807, 2.05) is 54.8 Å². The van der Waals surface area contributed by atoms with Gasteiger partial charge in [0.15, 0.2) is 28.3 Å². The summed E-state index contributed by atoms with van der Waals surface area (Å²) in [6.45, 7) is 3.90. The van der Waals surface area contributed by atoms with E-state index in [0.29, 0.717) is 28.0 Å². The Kier molecular flexibility index (Phi) is 6.74. The van der Waals surface area contributed by atoms with E-state index in [2.05, 4.69) is 15.2 Å². The van der Waals surface area contributed by atoms with Crippen LogP contribution in [-0.2, 0) is 0 Å². The summed E-state index contributed by atoms with van der Waals surface area (Å²) in [5.74, 6) is 1.73. The fourth-order valence-electron chi connectivity index (χ4n) is 3.50. The number of carbonyl (C=O) groups is 1. The second-order valence-electron chi connectivity index (χ2n) is 7.36. The van der Waals surface area contributed by atoms with Gasteiger partial charge in [0.1, 0.15) is 0 Å². The third-order valence-corrected chi connectivity index (χ3v) is 6.27. The Bertz CT molecular complexity index is 1270. The third kappa shape index (κ3) is 4.61. The van der Waals surface area contributed by atoms with Crippen LogP contribution in [-0.4, -0.2) is 45.0 Å². The Labute approximate surface area is 196 Å². The number of hydrogen-bond acceptors (Lipinski definition) is 7. The summed E-state index contributed by atoms with van der Waals surface area (Å²) in [4.78, 5) is 17.4. The van der Waals surface area contributed by atoms with Crippen LogP contribution < -0.4 is 9.47 Å². The van der Waals surface area contributed by atoms with E-state index in [4.69, 9.17) is 9.47 Å². The van der Waals surface area contributed by atoms with E-state index < -0.39 is 5.25 Å². The summed E-state index contributed by atoms with van der Waals surface area (Å²) in [6.07, 6.45) is 3.48. The van der Waals surface area contributed by atoms with Crippen molar-refractivity contribution in [1.82, 2.24) is 19.7 Å². The number of nitrogens with zero attached hydrogens (tertiary/aromatic N) is 4. The lowest BCUT2D eigenvalue weighted by atomic mass is 10.1. The highest BCUT2D eigenvalue weighted by molar-refractivity contribution is 8.00. The molecule has 0 saturated heterocycles. The zero-order valence-electron chi connectivity index (χ0n) is 18.9. The molecule has 0 N–H and O–H groups in total. The average molecular weight is 461 g/mol. The van der Waals surface area contributed by atoms with E-state index in [0.717, 1.165) is 16.8 Å². The van der Waals surface area contributed by atoms with E-state index in [1.165, 1.54) is 11.8 Å². The minimum atomic E-state index is -0.406. The number of Topliss-reactive ketones (excluding diaryl/α,β-unsaturated/α-hetero) is 1. The van der Waals surface area contributed by atoms with Crippen LogP contribution in [0.5, 0.6) is 11.5 Å². The molecule has 0 aliphatic heterocycles. The third-order valence-electron chi connectivity index (χ3n) is 5.23. The summed E-state index contributed by atoms with van der Waals surface area (Å²) < 4.78 is 12.6. The topological polar surface area (TPSA) is 79.1 Å². The summed E-state index contributed by atoms with van der Waals surface area (Å²) in [5.41, 5.74) is 3.42. The number of hydrogen-bond donors (Lipinski definition) is 0. The quantitative estimate of drug-likeness (QED) is 0.270. The molecule has 0 amide bonds. The number of ether oxygens (including phenoxy) is 2. The lowest BCUT2D eigenvalue weighted by molar-refractivity contribution is 0.0993. The number of rotatable bonds is 8. The Balaban J connectivity index is 1.70. The molecule has 0 bridgehead atoms. The maximum absolute atomic E-state index is 13.2. The SMILES string of the molecule is COc1ccc(C(=O)C(C)Sc2nnc(-c3cccnc3)n2-c2ccccc2C)cc1OC. The molecule has 1 atom stereocenters. The predicted octanol–water partition coefficient (Wildman–Crippen LogP) is 5.02. The molecule has 0 spiro atoms. The molecule has 2 heterocycles. The number of aryl methyl sites for hydroxylation is 1. The molecule has 2 aromatic carbocycles. The van der Waals surface area contributed by atoms with Crippen LogP contribution in [0.3, 0.4) is 0 Å². The van der Waals surface area contributed by atoms with Crippen molar-refractivity contribution >= 4 is 17.5 Å². The van der Waals surface area contributed by atoms with Gasteiger partial charge >= 0.3 is 0 Å². The highest BCUT2D eigenvalue weighted by Gasteiger charge is 2.24. The summed E-state index contributed by atoms with van der Waals surface area (Å²) in [6, 6.07) is 17.0. The predicted molar refractivity (Wildman–Crippen MR) is 129 cm³/mol. The Morgan fingerprint density at radius 1 is 1.00 bits per heavy atom. The smallest absolute Gasteiger partial charge is 0.196 e. The van der Waals surface area contributed by atoms with Gasteiger partial charge in [-0.05, 0) is 55.8 Å². The molecule has 0 radical (unpaired) electrons. The number of thioether (sulfide) groups is 1. The van der Waals surface area contributed by atoms with Crippen LogP contribution in [0.1, 0.15) is 22.8 Å². The highest BCUT2D eigenvalue weighted by Crippen LogP contribution is 2.33. The van der Waals surface area contributed by atoms with E-state index in [1.54, 1.807) is 44.8 Å². The van der Waals surface area contributed by atoms with Crippen molar-refractivity contribution in [2.45, 2.75) is 24.3 Å². The van der Waals surface area contributed by atoms with E-state index >= 15 is 0 Å². The van der Waals surface area contributed by atoms with Gasteiger partial charge < -0.3 is 9.47 Å². The molecule has 2 aromatic heterocycles. The second-order valence-corrected chi connectivity index (χ2v) is 8.67. The molecular weight excluding hydrogens is 436 g/mol. The van der Waals surface area contributed by atoms with Gasteiger partial charge in [-0.3, -0.25) is 14.3 Å². The number of ketones is 1. The summed E-state index contributed by atoms with van der Waals surface area (Å²) in [5, 5.41) is 9.11. The van der Waals surface area contributed by atoms with Crippen LogP contribution >= 0.6 is 11.8 Å². The van der Waals surface area contributed by atoms with Crippen molar-refractivity contribution in [1.29, 1.82) is 0 Å². The monoisotopic (exact) mass is 460 g/mol. The van der Waals surface area contributed by atoms with Gasteiger partial charge in [-0.2, -0.15) is 0 Å². The minimum Gasteiger partial charge on any atom is -0.493 e. The second kappa shape index (κ2) is 9.87. The van der Waals surface area contributed by atoms with Crippen molar-refractivity contribution in [3.63, 3.8) is 0 Å². The first-order valence-electron chi connectivity index (χ1n) is 10.4. The molecule has 0 aliphatic carbocycles. The number of para-hydroxylation sites is 1. The fraction of sp³-hybridized carbons (Fsp3) is 0.200. The van der Waals surface area contributed by atoms with Gasteiger partial charge in [0, 0.05) is 23.5 Å². The normalized spacial score (nSPS) is 11.8.